The number of hydrogen-bond donors (Lipinski definition) is 6. The van der Waals surface area contributed by atoms with E-state index in [0.717, 1.165) is 58.7 Å². The van der Waals surface area contributed by atoms with Gasteiger partial charge in [-0.25, -0.2) is 0 Å². The Kier molecular flexibility index (Phi) is 14.6. The third kappa shape index (κ3) is 15.8. The van der Waals surface area contributed by atoms with Crippen molar-refractivity contribution in [3.05, 3.63) is 0 Å². The average Bonchev–Trinajstić information content (AvgIpc) is 2.34. The molecule has 0 aromatic rings. The van der Waals surface area contributed by atoms with Crippen LogP contribution in [0.3, 0.4) is 0 Å². The van der Waals surface area contributed by atoms with Gasteiger partial charge in [-0.2, -0.15) is 0 Å². The summed E-state index contributed by atoms with van der Waals surface area (Å²) in [5.74, 6) is 0. The van der Waals surface area contributed by atoms with Crippen LogP contribution in [0.4, 0.5) is 0 Å². The van der Waals surface area contributed by atoms with Crippen LogP contribution in [0.1, 0.15) is 19.8 Å². The zero-order chi connectivity index (χ0) is 13.5. The molecule has 0 saturated heterocycles. The molecule has 0 saturated carbocycles. The van der Waals surface area contributed by atoms with Gasteiger partial charge >= 0.3 is 0 Å². The Morgan fingerprint density at radius 3 is 1.83 bits per heavy atom. The maximum absolute atomic E-state index is 8.50. The summed E-state index contributed by atoms with van der Waals surface area (Å²) in [4.78, 5) is 0. The molecule has 0 amide bonds. The van der Waals surface area contributed by atoms with E-state index >= 15 is 0 Å². The van der Waals surface area contributed by atoms with E-state index in [4.69, 9.17) is 10.8 Å². The van der Waals surface area contributed by atoms with Crippen LogP contribution in [0.2, 0.25) is 0 Å². The van der Waals surface area contributed by atoms with Gasteiger partial charge in [0.1, 0.15) is 0 Å². The minimum Gasteiger partial charge on any atom is -0.381 e. The fraction of sp³-hybridized carbons (Fsp3) is 1.00. The standard InChI is InChI=1S/C12H31N5O/c1-12(13)10-16-6-2-4-14-8-9-15-5-3-7-17-11-18/h12,14-18H,2-11,13H2,1H3. The van der Waals surface area contributed by atoms with Crippen LogP contribution in [-0.4, -0.2) is 63.7 Å². The van der Waals surface area contributed by atoms with Crippen molar-refractivity contribution >= 4 is 0 Å². The summed E-state index contributed by atoms with van der Waals surface area (Å²) in [5.41, 5.74) is 5.63. The summed E-state index contributed by atoms with van der Waals surface area (Å²) < 4.78 is 0. The second kappa shape index (κ2) is 14.8. The summed E-state index contributed by atoms with van der Waals surface area (Å²) in [6.45, 7) is 8.88. The van der Waals surface area contributed by atoms with Gasteiger partial charge in [0, 0.05) is 25.7 Å². The van der Waals surface area contributed by atoms with Crippen LogP contribution in [0, 0.1) is 0 Å². The van der Waals surface area contributed by atoms with Gasteiger partial charge in [-0.1, -0.05) is 0 Å². The molecule has 0 bridgehead atoms. The highest BCUT2D eigenvalue weighted by molar-refractivity contribution is 4.59. The first-order valence-corrected chi connectivity index (χ1v) is 6.96. The first kappa shape index (κ1) is 17.8. The van der Waals surface area contributed by atoms with Gasteiger partial charge < -0.3 is 26.8 Å². The fourth-order valence-electron chi connectivity index (χ4n) is 1.51. The molecule has 6 heteroatoms. The summed E-state index contributed by atoms with van der Waals surface area (Å²) >= 11 is 0. The van der Waals surface area contributed by atoms with Crippen molar-refractivity contribution in [1.82, 2.24) is 21.3 Å². The molecular formula is C12H31N5O. The zero-order valence-electron chi connectivity index (χ0n) is 11.7. The number of nitrogens with two attached hydrogens (primary N) is 1. The van der Waals surface area contributed by atoms with Crippen molar-refractivity contribution in [2.45, 2.75) is 25.8 Å². The lowest BCUT2D eigenvalue weighted by molar-refractivity contribution is 0.260. The Morgan fingerprint density at radius 2 is 1.33 bits per heavy atom. The lowest BCUT2D eigenvalue weighted by Crippen LogP contribution is -2.33. The first-order valence-electron chi connectivity index (χ1n) is 6.96. The average molecular weight is 261 g/mol. The van der Waals surface area contributed by atoms with Crippen molar-refractivity contribution in [2.75, 3.05) is 52.5 Å². The summed E-state index contributed by atoms with van der Waals surface area (Å²) in [6.07, 6.45) is 2.18. The van der Waals surface area contributed by atoms with E-state index in [2.05, 4.69) is 21.3 Å². The zero-order valence-corrected chi connectivity index (χ0v) is 11.7. The van der Waals surface area contributed by atoms with Crippen LogP contribution < -0.4 is 27.0 Å². The maximum atomic E-state index is 8.50. The molecule has 0 radical (unpaired) electrons. The molecule has 0 aromatic heterocycles. The smallest absolute Gasteiger partial charge is 0.0931 e. The minimum atomic E-state index is 0.0680. The molecule has 110 valence electrons. The molecule has 6 nitrogen and oxygen atoms in total. The van der Waals surface area contributed by atoms with Gasteiger partial charge in [0.05, 0.1) is 6.73 Å². The van der Waals surface area contributed by atoms with Crippen LogP contribution in [0.5, 0.6) is 0 Å². The van der Waals surface area contributed by atoms with Crippen molar-refractivity contribution in [3.8, 4) is 0 Å². The van der Waals surface area contributed by atoms with E-state index in [1.807, 2.05) is 6.92 Å². The summed E-state index contributed by atoms with van der Waals surface area (Å²) in [6, 6.07) is 0.238. The number of rotatable bonds is 14. The Morgan fingerprint density at radius 1 is 0.833 bits per heavy atom. The van der Waals surface area contributed by atoms with Gasteiger partial charge in [0.25, 0.3) is 0 Å². The molecule has 0 aromatic carbocycles. The second-order valence-electron chi connectivity index (χ2n) is 4.55. The fourth-order valence-corrected chi connectivity index (χ4v) is 1.51. The minimum absolute atomic E-state index is 0.0680. The van der Waals surface area contributed by atoms with Crippen molar-refractivity contribution < 1.29 is 5.11 Å². The first-order chi connectivity index (χ1) is 8.77. The van der Waals surface area contributed by atoms with Crippen LogP contribution >= 0.6 is 0 Å². The molecule has 0 fully saturated rings. The molecule has 1 atom stereocenters. The summed E-state index contributed by atoms with van der Waals surface area (Å²) in [7, 11) is 0. The molecule has 0 aliphatic carbocycles. The maximum Gasteiger partial charge on any atom is 0.0931 e. The van der Waals surface area contributed by atoms with Gasteiger partial charge in [-0.05, 0) is 45.9 Å². The lowest BCUT2D eigenvalue weighted by atomic mass is 10.3. The van der Waals surface area contributed by atoms with Gasteiger partial charge in [0.15, 0.2) is 0 Å². The predicted octanol–water partition coefficient (Wildman–Crippen LogP) is -1.58. The van der Waals surface area contributed by atoms with Crippen molar-refractivity contribution in [1.29, 1.82) is 0 Å². The highest BCUT2D eigenvalue weighted by atomic mass is 16.3. The van der Waals surface area contributed by atoms with Gasteiger partial charge in [-0.3, -0.25) is 5.32 Å². The van der Waals surface area contributed by atoms with E-state index in [1.165, 1.54) is 0 Å². The van der Waals surface area contributed by atoms with Gasteiger partial charge in [-0.15, -0.1) is 0 Å². The second-order valence-corrected chi connectivity index (χ2v) is 4.55. The number of aliphatic hydroxyl groups excluding tert-OH is 1. The monoisotopic (exact) mass is 261 g/mol. The van der Waals surface area contributed by atoms with E-state index in [0.29, 0.717) is 0 Å². The summed E-state index contributed by atoms with van der Waals surface area (Å²) in [5, 5.41) is 21.4. The van der Waals surface area contributed by atoms with E-state index in [1.54, 1.807) is 0 Å². The van der Waals surface area contributed by atoms with Crippen LogP contribution in [0.25, 0.3) is 0 Å². The molecule has 0 spiro atoms. The molecule has 18 heavy (non-hydrogen) atoms. The number of hydrogen-bond acceptors (Lipinski definition) is 6. The highest BCUT2D eigenvalue weighted by Gasteiger charge is 1.93. The molecule has 1 unspecified atom stereocenters. The quantitative estimate of drug-likeness (QED) is 0.167. The molecule has 0 heterocycles. The third-order valence-corrected chi connectivity index (χ3v) is 2.47. The Labute approximate surface area is 111 Å². The normalized spacial score (nSPS) is 12.8. The largest absolute Gasteiger partial charge is 0.381 e. The van der Waals surface area contributed by atoms with Crippen molar-refractivity contribution in [3.63, 3.8) is 0 Å². The molecule has 0 aliphatic rings. The number of aliphatic hydroxyl groups is 1. The SMILES string of the molecule is CC(N)CNCCCNCCNCCCNCO. The molecule has 0 rings (SSSR count). The predicted molar refractivity (Wildman–Crippen MR) is 76.6 cm³/mol. The topological polar surface area (TPSA) is 94.4 Å². The Bertz CT molecular complexity index is 157. The van der Waals surface area contributed by atoms with Gasteiger partial charge in [0.2, 0.25) is 0 Å². The molecule has 0 aliphatic heterocycles. The lowest BCUT2D eigenvalue weighted by Gasteiger charge is -2.08. The van der Waals surface area contributed by atoms with Crippen molar-refractivity contribution in [2.24, 2.45) is 5.73 Å². The Hall–Kier alpha value is -0.240. The molecule has 7 N–H and O–H groups in total. The van der Waals surface area contributed by atoms with E-state index < -0.39 is 0 Å². The Balaban J connectivity index is 2.90. The van der Waals surface area contributed by atoms with Crippen LogP contribution in [-0.2, 0) is 0 Å². The van der Waals surface area contributed by atoms with E-state index in [9.17, 15) is 0 Å². The highest BCUT2D eigenvalue weighted by Crippen LogP contribution is 1.76. The number of nitrogens with one attached hydrogen (secondary N) is 4. The molecular weight excluding hydrogens is 230 g/mol. The third-order valence-electron chi connectivity index (χ3n) is 2.47. The van der Waals surface area contributed by atoms with Crippen LogP contribution in [0.15, 0.2) is 0 Å². The van der Waals surface area contributed by atoms with E-state index in [-0.39, 0.29) is 12.8 Å².